The topological polar surface area (TPSA) is 110 Å². The number of carboxylic acid groups (broad SMARTS) is 1. The fourth-order valence-electron chi connectivity index (χ4n) is 4.10. The Labute approximate surface area is 151 Å². The molecule has 1 aromatic carbocycles. The summed E-state index contributed by atoms with van der Waals surface area (Å²) >= 11 is 0. The maximum absolute atomic E-state index is 12.1. The molecule has 0 bridgehead atoms. The van der Waals surface area contributed by atoms with Gasteiger partial charge in [-0.15, -0.1) is 0 Å². The van der Waals surface area contributed by atoms with E-state index in [1.807, 2.05) is 6.07 Å². The van der Waals surface area contributed by atoms with Crippen molar-refractivity contribution in [3.05, 3.63) is 46.0 Å². The number of nitrogens with zero attached hydrogens (tertiary/aromatic N) is 2. The van der Waals surface area contributed by atoms with Crippen molar-refractivity contribution in [1.82, 2.24) is 4.90 Å². The van der Waals surface area contributed by atoms with Crippen LogP contribution >= 0.6 is 0 Å². The molecule has 1 amide bonds. The Bertz CT molecular complexity index is 672. The fraction of sp³-hybridized carbons (Fsp3) is 0.556. The largest absolute Gasteiger partial charge is 0.469 e. The lowest BCUT2D eigenvalue weighted by atomic mass is 9.62. The lowest BCUT2D eigenvalue weighted by Gasteiger charge is -2.54. The van der Waals surface area contributed by atoms with Crippen LogP contribution in [0.5, 0.6) is 0 Å². The van der Waals surface area contributed by atoms with E-state index in [4.69, 9.17) is 4.74 Å². The van der Waals surface area contributed by atoms with Gasteiger partial charge in [0.1, 0.15) is 5.54 Å². The molecule has 1 aliphatic carbocycles. The molecule has 1 N–H and O–H groups in total. The van der Waals surface area contributed by atoms with Crippen LogP contribution in [0.15, 0.2) is 30.3 Å². The first-order valence-electron chi connectivity index (χ1n) is 8.57. The molecule has 8 heteroatoms. The molecule has 1 fully saturated rings. The summed E-state index contributed by atoms with van der Waals surface area (Å²) in [4.78, 5) is 36.4. The Hall–Kier alpha value is -2.64. The van der Waals surface area contributed by atoms with Crippen LogP contribution in [0.4, 0.5) is 4.79 Å². The molecule has 1 aliphatic rings. The van der Waals surface area contributed by atoms with Gasteiger partial charge in [-0.1, -0.05) is 37.3 Å². The number of nitro groups is 1. The van der Waals surface area contributed by atoms with Gasteiger partial charge in [-0.2, -0.15) is 0 Å². The third-order valence-corrected chi connectivity index (χ3v) is 5.35. The number of hydrogen-bond acceptors (Lipinski definition) is 5. The van der Waals surface area contributed by atoms with Gasteiger partial charge >= 0.3 is 12.1 Å². The van der Waals surface area contributed by atoms with Gasteiger partial charge in [-0.25, -0.2) is 4.79 Å². The van der Waals surface area contributed by atoms with Crippen molar-refractivity contribution in [2.75, 3.05) is 7.11 Å². The van der Waals surface area contributed by atoms with Gasteiger partial charge in [0.2, 0.25) is 6.04 Å². The Morgan fingerprint density at radius 3 is 2.38 bits per heavy atom. The van der Waals surface area contributed by atoms with E-state index < -0.39 is 40.5 Å². The second-order valence-electron chi connectivity index (χ2n) is 6.68. The van der Waals surface area contributed by atoms with Gasteiger partial charge < -0.3 is 9.84 Å². The number of rotatable bonds is 7. The number of benzene rings is 1. The Morgan fingerprint density at radius 2 is 1.96 bits per heavy atom. The maximum atomic E-state index is 12.1. The molecular weight excluding hydrogens is 340 g/mol. The van der Waals surface area contributed by atoms with Gasteiger partial charge in [0, 0.05) is 11.3 Å². The molecule has 0 heterocycles. The molecule has 8 nitrogen and oxygen atoms in total. The number of methoxy groups -OCH3 is 1. The van der Waals surface area contributed by atoms with E-state index in [0.29, 0.717) is 0 Å². The second-order valence-corrected chi connectivity index (χ2v) is 6.68. The standard InChI is InChI=1S/C18H24N2O6/c1-4-15(20(24)25)18(10-14(11-18)16(21)26-3)19(17(22)23)12(2)13-8-6-5-7-9-13/h5-9,12,14-15H,4,10-11H2,1-3H3,(H,22,23)/t12-,14?,15?,18?/m1/s1. The van der Waals surface area contributed by atoms with Crippen molar-refractivity contribution in [1.29, 1.82) is 0 Å². The van der Waals surface area contributed by atoms with Crippen LogP contribution in [0.1, 0.15) is 44.7 Å². The number of carbonyl (C=O) groups excluding carboxylic acids is 1. The minimum Gasteiger partial charge on any atom is -0.469 e. The van der Waals surface area contributed by atoms with Crippen molar-refractivity contribution in [3.63, 3.8) is 0 Å². The SMILES string of the molecule is CCC([N+](=O)[O-])C1(N(C(=O)O)[C@H](C)c2ccccc2)CC(C(=O)OC)C1. The summed E-state index contributed by atoms with van der Waals surface area (Å²) in [6.45, 7) is 3.37. The van der Waals surface area contributed by atoms with Crippen LogP contribution < -0.4 is 0 Å². The van der Waals surface area contributed by atoms with Gasteiger partial charge in [-0.05, 0) is 25.3 Å². The van der Waals surface area contributed by atoms with Crippen molar-refractivity contribution in [3.8, 4) is 0 Å². The van der Waals surface area contributed by atoms with E-state index in [1.54, 1.807) is 38.1 Å². The third-order valence-electron chi connectivity index (χ3n) is 5.35. The molecule has 26 heavy (non-hydrogen) atoms. The molecule has 1 saturated carbocycles. The normalized spacial score (nSPS) is 24.0. The maximum Gasteiger partial charge on any atom is 0.408 e. The number of amides is 1. The number of hydrogen-bond donors (Lipinski definition) is 1. The van der Waals surface area contributed by atoms with Crippen molar-refractivity contribution >= 4 is 12.1 Å². The van der Waals surface area contributed by atoms with E-state index in [9.17, 15) is 24.8 Å². The van der Waals surface area contributed by atoms with Crippen LogP contribution in [0.25, 0.3) is 0 Å². The highest BCUT2D eigenvalue weighted by molar-refractivity contribution is 5.75. The highest BCUT2D eigenvalue weighted by Crippen LogP contribution is 2.50. The van der Waals surface area contributed by atoms with Crippen molar-refractivity contribution in [2.24, 2.45) is 5.92 Å². The summed E-state index contributed by atoms with van der Waals surface area (Å²) in [5, 5.41) is 21.6. The predicted octanol–water partition coefficient (Wildman–Crippen LogP) is 3.10. The van der Waals surface area contributed by atoms with Crippen LogP contribution in [0, 0.1) is 16.0 Å². The highest BCUT2D eigenvalue weighted by Gasteiger charge is 2.63. The van der Waals surface area contributed by atoms with Gasteiger partial charge in [0.15, 0.2) is 0 Å². The van der Waals surface area contributed by atoms with E-state index in [2.05, 4.69) is 0 Å². The van der Waals surface area contributed by atoms with Crippen LogP contribution in [0.3, 0.4) is 0 Å². The Kier molecular flexibility index (Phi) is 5.84. The summed E-state index contributed by atoms with van der Waals surface area (Å²) in [6.07, 6.45) is -0.887. The summed E-state index contributed by atoms with van der Waals surface area (Å²) in [5.41, 5.74) is -0.493. The second kappa shape index (κ2) is 7.72. The smallest absolute Gasteiger partial charge is 0.408 e. The van der Waals surface area contributed by atoms with E-state index in [-0.39, 0.29) is 19.3 Å². The molecule has 2 rings (SSSR count). The fourth-order valence-corrected chi connectivity index (χ4v) is 4.10. The van der Waals surface area contributed by atoms with Gasteiger partial charge in [0.25, 0.3) is 0 Å². The molecule has 0 aromatic heterocycles. The van der Waals surface area contributed by atoms with E-state index in [0.717, 1.165) is 5.56 Å². The minimum absolute atomic E-state index is 0.0859. The van der Waals surface area contributed by atoms with Gasteiger partial charge in [-0.3, -0.25) is 19.8 Å². The lowest BCUT2D eigenvalue weighted by molar-refractivity contribution is -0.545. The summed E-state index contributed by atoms with van der Waals surface area (Å²) < 4.78 is 4.73. The summed E-state index contributed by atoms with van der Waals surface area (Å²) in [7, 11) is 1.26. The van der Waals surface area contributed by atoms with Crippen molar-refractivity contribution in [2.45, 2.75) is 50.7 Å². The van der Waals surface area contributed by atoms with Crippen LogP contribution in [0.2, 0.25) is 0 Å². The number of esters is 1. The molecule has 2 atom stereocenters. The minimum atomic E-state index is -1.24. The Balaban J connectivity index is 2.46. The molecular formula is C18H24N2O6. The molecule has 1 aromatic rings. The molecule has 0 radical (unpaired) electrons. The number of ether oxygens (including phenoxy) is 1. The van der Waals surface area contributed by atoms with Gasteiger partial charge in [0.05, 0.1) is 19.1 Å². The zero-order valence-corrected chi connectivity index (χ0v) is 15.1. The van der Waals surface area contributed by atoms with E-state index in [1.165, 1.54) is 12.0 Å². The van der Waals surface area contributed by atoms with Crippen LogP contribution in [-0.2, 0) is 9.53 Å². The molecule has 0 aliphatic heterocycles. The quantitative estimate of drug-likeness (QED) is 0.452. The molecule has 0 spiro atoms. The van der Waals surface area contributed by atoms with Crippen molar-refractivity contribution < 1.29 is 24.4 Å². The summed E-state index contributed by atoms with van der Waals surface area (Å²) in [6, 6.07) is 7.31. The first-order chi connectivity index (χ1) is 12.3. The predicted molar refractivity (Wildman–Crippen MR) is 93.3 cm³/mol. The molecule has 142 valence electrons. The number of carbonyl (C=O) groups is 2. The first kappa shape index (κ1) is 19.7. The monoisotopic (exact) mass is 364 g/mol. The lowest BCUT2D eigenvalue weighted by Crippen LogP contribution is -2.68. The molecule has 1 unspecified atom stereocenters. The Morgan fingerprint density at radius 1 is 1.38 bits per heavy atom. The van der Waals surface area contributed by atoms with E-state index >= 15 is 0 Å². The zero-order valence-electron chi connectivity index (χ0n) is 15.1. The first-order valence-corrected chi connectivity index (χ1v) is 8.57. The summed E-state index contributed by atoms with van der Waals surface area (Å²) in [5.74, 6) is -0.990. The van der Waals surface area contributed by atoms with Crippen LogP contribution in [-0.4, -0.2) is 45.7 Å². The molecule has 0 saturated heterocycles. The zero-order chi connectivity index (χ0) is 19.5. The average molecular weight is 364 g/mol. The highest BCUT2D eigenvalue weighted by atomic mass is 16.6. The third kappa shape index (κ3) is 3.36. The average Bonchev–Trinajstić information content (AvgIpc) is 2.58.